The van der Waals surface area contributed by atoms with Gasteiger partial charge >= 0.3 is 0 Å². The van der Waals surface area contributed by atoms with Crippen molar-refractivity contribution in [1.82, 2.24) is 4.90 Å². The highest BCUT2D eigenvalue weighted by molar-refractivity contribution is 7.80. The molecule has 0 aliphatic rings. The van der Waals surface area contributed by atoms with Crippen LogP contribution in [0.4, 0.5) is 5.69 Å². The van der Waals surface area contributed by atoms with Crippen LogP contribution in [0.25, 0.3) is 0 Å². The lowest BCUT2D eigenvalue weighted by molar-refractivity contribution is 0.423. The van der Waals surface area contributed by atoms with Gasteiger partial charge in [-0.3, -0.25) is 0 Å². The Morgan fingerprint density at radius 3 is 2.10 bits per heavy atom. The van der Waals surface area contributed by atoms with Crippen LogP contribution in [0, 0.1) is 0 Å². The first-order chi connectivity index (χ1) is 9.62. The summed E-state index contributed by atoms with van der Waals surface area (Å²) in [6, 6.07) is 8.65. The third-order valence-electron chi connectivity index (χ3n) is 3.62. The molecule has 0 aliphatic carbocycles. The number of benzene rings is 1. The largest absolute Gasteiger partial charge is 0.349 e. The Bertz CT molecular complexity index is 394. The van der Waals surface area contributed by atoms with Crippen molar-refractivity contribution in [3.8, 4) is 0 Å². The average molecular weight is 292 g/mol. The number of hydrogen-bond acceptors (Lipinski definition) is 1. The molecule has 1 rings (SSSR count). The van der Waals surface area contributed by atoms with Crippen molar-refractivity contribution in [1.29, 1.82) is 0 Å². The quantitative estimate of drug-likeness (QED) is 0.710. The molecule has 0 aromatic heterocycles. The molecular weight excluding hydrogens is 264 g/mol. The summed E-state index contributed by atoms with van der Waals surface area (Å²) in [4.78, 5) is 2.25. The Balaban J connectivity index is 2.65. The molecule has 0 saturated carbocycles. The zero-order valence-corrected chi connectivity index (χ0v) is 14.1. The topological polar surface area (TPSA) is 15.3 Å². The highest BCUT2D eigenvalue weighted by Gasteiger charge is 2.08. The number of nitrogens with one attached hydrogen (secondary N) is 1. The van der Waals surface area contributed by atoms with Gasteiger partial charge in [-0.05, 0) is 55.1 Å². The first kappa shape index (κ1) is 17.0. The SMILES string of the molecule is CCCN(CCC)C(=S)Nc1ccc(C(C)CC)cc1. The maximum Gasteiger partial charge on any atom is 0.173 e. The monoisotopic (exact) mass is 292 g/mol. The van der Waals surface area contributed by atoms with E-state index in [0.717, 1.165) is 36.7 Å². The molecule has 0 spiro atoms. The highest BCUT2D eigenvalue weighted by atomic mass is 32.1. The minimum Gasteiger partial charge on any atom is -0.349 e. The van der Waals surface area contributed by atoms with Crippen molar-refractivity contribution in [2.45, 2.75) is 52.9 Å². The summed E-state index contributed by atoms with van der Waals surface area (Å²) < 4.78 is 0. The van der Waals surface area contributed by atoms with Crippen molar-refractivity contribution < 1.29 is 0 Å². The molecule has 2 nitrogen and oxygen atoms in total. The molecule has 1 N–H and O–H groups in total. The van der Waals surface area contributed by atoms with Crippen LogP contribution in [0.3, 0.4) is 0 Å². The number of hydrogen-bond donors (Lipinski definition) is 1. The van der Waals surface area contributed by atoms with E-state index in [9.17, 15) is 0 Å². The van der Waals surface area contributed by atoms with Gasteiger partial charge in [-0.25, -0.2) is 0 Å². The van der Waals surface area contributed by atoms with Crippen LogP contribution in [-0.4, -0.2) is 23.1 Å². The molecule has 20 heavy (non-hydrogen) atoms. The van der Waals surface area contributed by atoms with Gasteiger partial charge in [0.25, 0.3) is 0 Å². The Morgan fingerprint density at radius 2 is 1.65 bits per heavy atom. The lowest BCUT2D eigenvalue weighted by Crippen LogP contribution is -2.35. The van der Waals surface area contributed by atoms with Gasteiger partial charge in [0.2, 0.25) is 0 Å². The molecule has 0 radical (unpaired) electrons. The van der Waals surface area contributed by atoms with Crippen molar-refractivity contribution in [2.24, 2.45) is 0 Å². The van der Waals surface area contributed by atoms with Crippen molar-refractivity contribution >= 4 is 23.0 Å². The molecule has 0 saturated heterocycles. The van der Waals surface area contributed by atoms with Gasteiger partial charge in [0.15, 0.2) is 5.11 Å². The van der Waals surface area contributed by atoms with Crippen LogP contribution >= 0.6 is 12.2 Å². The smallest absolute Gasteiger partial charge is 0.173 e. The Kier molecular flexibility index (Phi) is 7.60. The van der Waals surface area contributed by atoms with Crippen LogP contribution < -0.4 is 5.32 Å². The summed E-state index contributed by atoms with van der Waals surface area (Å²) >= 11 is 5.51. The Hall–Kier alpha value is -1.09. The first-order valence-electron chi connectivity index (χ1n) is 7.78. The van der Waals surface area contributed by atoms with E-state index in [1.807, 2.05) is 0 Å². The van der Waals surface area contributed by atoms with Gasteiger partial charge < -0.3 is 10.2 Å². The van der Waals surface area contributed by atoms with E-state index in [0.29, 0.717) is 5.92 Å². The van der Waals surface area contributed by atoms with Gasteiger partial charge in [-0.1, -0.05) is 39.8 Å². The van der Waals surface area contributed by atoms with Crippen molar-refractivity contribution in [2.75, 3.05) is 18.4 Å². The normalized spacial score (nSPS) is 12.0. The Labute approximate surface area is 129 Å². The summed E-state index contributed by atoms with van der Waals surface area (Å²) in [5.74, 6) is 0.618. The van der Waals surface area contributed by atoms with Gasteiger partial charge in [0, 0.05) is 18.8 Å². The fourth-order valence-corrected chi connectivity index (χ4v) is 2.49. The zero-order valence-electron chi connectivity index (χ0n) is 13.3. The summed E-state index contributed by atoms with van der Waals surface area (Å²) in [5.41, 5.74) is 2.47. The molecule has 0 amide bonds. The summed E-state index contributed by atoms with van der Waals surface area (Å²) in [5, 5.41) is 4.19. The van der Waals surface area contributed by atoms with Crippen LogP contribution in [0.5, 0.6) is 0 Å². The van der Waals surface area contributed by atoms with Crippen LogP contribution in [-0.2, 0) is 0 Å². The summed E-state index contributed by atoms with van der Waals surface area (Å²) in [6.07, 6.45) is 3.41. The van der Waals surface area contributed by atoms with E-state index in [1.54, 1.807) is 0 Å². The maximum absolute atomic E-state index is 5.51. The molecule has 112 valence electrons. The molecule has 0 bridgehead atoms. The standard InChI is InChI=1S/C17H28N2S/c1-5-12-19(13-6-2)17(20)18-16-10-8-15(9-11-16)14(4)7-3/h8-11,14H,5-7,12-13H2,1-4H3,(H,18,20). The minimum atomic E-state index is 0.618. The number of anilines is 1. The van der Waals surface area contributed by atoms with E-state index in [2.05, 4.69) is 62.2 Å². The molecule has 0 heterocycles. The lowest BCUT2D eigenvalue weighted by Gasteiger charge is -2.25. The van der Waals surface area contributed by atoms with Crippen LogP contribution in [0.1, 0.15) is 58.4 Å². The third kappa shape index (κ3) is 5.12. The van der Waals surface area contributed by atoms with Gasteiger partial charge in [0.1, 0.15) is 0 Å². The van der Waals surface area contributed by atoms with Crippen LogP contribution in [0.15, 0.2) is 24.3 Å². The number of rotatable bonds is 7. The van der Waals surface area contributed by atoms with E-state index in [-0.39, 0.29) is 0 Å². The lowest BCUT2D eigenvalue weighted by atomic mass is 9.99. The second-order valence-electron chi connectivity index (χ2n) is 5.35. The molecule has 1 atom stereocenters. The fraction of sp³-hybridized carbons (Fsp3) is 0.588. The van der Waals surface area contributed by atoms with Gasteiger partial charge in [-0.15, -0.1) is 0 Å². The molecule has 0 aliphatic heterocycles. The average Bonchev–Trinajstić information content (AvgIpc) is 2.47. The first-order valence-corrected chi connectivity index (χ1v) is 8.19. The Morgan fingerprint density at radius 1 is 1.10 bits per heavy atom. The third-order valence-corrected chi connectivity index (χ3v) is 3.98. The van der Waals surface area contributed by atoms with E-state index in [4.69, 9.17) is 12.2 Å². The molecule has 3 heteroatoms. The number of thiocarbonyl (C=S) groups is 1. The van der Waals surface area contributed by atoms with Gasteiger partial charge in [-0.2, -0.15) is 0 Å². The molecule has 1 aromatic rings. The highest BCUT2D eigenvalue weighted by Crippen LogP contribution is 2.20. The molecular formula is C17H28N2S. The predicted octanol–water partition coefficient (Wildman–Crippen LogP) is 5.02. The van der Waals surface area contributed by atoms with E-state index in [1.165, 1.54) is 12.0 Å². The molecule has 0 fully saturated rings. The minimum absolute atomic E-state index is 0.618. The molecule has 1 aromatic carbocycles. The van der Waals surface area contributed by atoms with Gasteiger partial charge in [0.05, 0.1) is 0 Å². The predicted molar refractivity (Wildman–Crippen MR) is 93.5 cm³/mol. The van der Waals surface area contributed by atoms with Crippen molar-refractivity contribution in [3.63, 3.8) is 0 Å². The maximum atomic E-state index is 5.51. The van der Waals surface area contributed by atoms with Crippen LogP contribution in [0.2, 0.25) is 0 Å². The summed E-state index contributed by atoms with van der Waals surface area (Å²) in [7, 11) is 0. The van der Waals surface area contributed by atoms with E-state index >= 15 is 0 Å². The van der Waals surface area contributed by atoms with Crippen molar-refractivity contribution in [3.05, 3.63) is 29.8 Å². The fourth-order valence-electron chi connectivity index (χ4n) is 2.19. The zero-order chi connectivity index (χ0) is 15.0. The number of nitrogens with zero attached hydrogens (tertiary/aromatic N) is 1. The summed E-state index contributed by atoms with van der Waals surface area (Å²) in [6.45, 7) is 10.9. The van der Waals surface area contributed by atoms with E-state index < -0.39 is 0 Å². The second kappa shape index (κ2) is 8.96. The second-order valence-corrected chi connectivity index (χ2v) is 5.74. The molecule has 1 unspecified atom stereocenters.